The second-order valence-electron chi connectivity index (χ2n) is 6.06. The molecule has 0 spiro atoms. The number of aromatic nitrogens is 2. The third-order valence-corrected chi connectivity index (χ3v) is 4.11. The fourth-order valence-electron chi connectivity index (χ4n) is 2.78. The van der Waals surface area contributed by atoms with Crippen molar-refractivity contribution in [3.05, 3.63) is 70.3 Å². The quantitative estimate of drug-likeness (QED) is 0.454. The number of nitro groups is 1. The largest absolute Gasteiger partial charge is 0.494 e. The zero-order valence-corrected chi connectivity index (χ0v) is 15.3. The van der Waals surface area contributed by atoms with Crippen LogP contribution in [-0.2, 0) is 11.2 Å². The number of rotatable bonds is 8. The van der Waals surface area contributed by atoms with Gasteiger partial charge in [0.1, 0.15) is 5.75 Å². The summed E-state index contributed by atoms with van der Waals surface area (Å²) >= 11 is 0. The Hall–Kier alpha value is -3.68. The molecular weight excluding hydrogens is 360 g/mol. The molecule has 1 heterocycles. The summed E-state index contributed by atoms with van der Waals surface area (Å²) in [6.45, 7) is 2.48. The highest BCUT2D eigenvalue weighted by Crippen LogP contribution is 2.24. The first-order valence-electron chi connectivity index (χ1n) is 8.87. The number of carbonyl (C=O) groups is 1. The van der Waals surface area contributed by atoms with E-state index >= 15 is 0 Å². The Morgan fingerprint density at radius 2 is 2.04 bits per heavy atom. The molecule has 0 aliphatic rings. The predicted octanol–water partition coefficient (Wildman–Crippen LogP) is 3.95. The molecule has 0 unspecified atom stereocenters. The van der Waals surface area contributed by atoms with Crippen molar-refractivity contribution in [2.45, 2.75) is 19.8 Å². The zero-order chi connectivity index (χ0) is 19.9. The van der Waals surface area contributed by atoms with Crippen molar-refractivity contribution >= 4 is 17.4 Å². The summed E-state index contributed by atoms with van der Waals surface area (Å²) in [7, 11) is 0. The number of carbonyl (C=O) groups excluding carboxylic acids is 1. The van der Waals surface area contributed by atoms with E-state index in [1.807, 2.05) is 31.2 Å². The molecule has 2 aromatic carbocycles. The molecule has 144 valence electrons. The minimum Gasteiger partial charge on any atom is -0.494 e. The van der Waals surface area contributed by atoms with Crippen LogP contribution in [0.2, 0.25) is 0 Å². The summed E-state index contributed by atoms with van der Waals surface area (Å²) in [5.41, 5.74) is 2.16. The number of aryl methyl sites for hydroxylation is 1. The van der Waals surface area contributed by atoms with Crippen LogP contribution in [0.25, 0.3) is 11.3 Å². The fraction of sp³-hybridized carbons (Fsp3) is 0.200. The second kappa shape index (κ2) is 8.81. The number of para-hydroxylation sites is 1. The van der Waals surface area contributed by atoms with Crippen molar-refractivity contribution in [2.24, 2.45) is 0 Å². The molecule has 0 atom stereocenters. The van der Waals surface area contributed by atoms with Crippen molar-refractivity contribution in [2.75, 3.05) is 11.9 Å². The molecule has 0 saturated heterocycles. The van der Waals surface area contributed by atoms with E-state index in [0.717, 1.165) is 11.3 Å². The van der Waals surface area contributed by atoms with Crippen LogP contribution < -0.4 is 10.1 Å². The number of amides is 1. The minimum absolute atomic E-state index is 0.00866. The van der Waals surface area contributed by atoms with Gasteiger partial charge in [0, 0.05) is 30.2 Å². The second-order valence-corrected chi connectivity index (χ2v) is 6.06. The Morgan fingerprint density at radius 1 is 1.21 bits per heavy atom. The standard InChI is InChI=1S/C20H20N4O4/c1-2-28-18-9-4-3-6-14(18)10-11-20(25)21-19-13-17(22-23-19)15-7-5-8-16(12-15)24(26)27/h3-9,12-13H,2,10-11H2,1H3,(H2,21,22,23,25). The van der Waals surface area contributed by atoms with Crippen molar-refractivity contribution < 1.29 is 14.5 Å². The molecule has 0 radical (unpaired) electrons. The maximum atomic E-state index is 12.2. The van der Waals surface area contributed by atoms with E-state index in [2.05, 4.69) is 15.5 Å². The van der Waals surface area contributed by atoms with Crippen LogP contribution in [0.5, 0.6) is 5.75 Å². The number of anilines is 1. The number of nitrogens with zero attached hydrogens (tertiary/aromatic N) is 2. The van der Waals surface area contributed by atoms with Gasteiger partial charge in [-0.3, -0.25) is 20.0 Å². The molecule has 8 nitrogen and oxygen atoms in total. The van der Waals surface area contributed by atoms with Gasteiger partial charge in [-0.05, 0) is 25.0 Å². The summed E-state index contributed by atoms with van der Waals surface area (Å²) in [5.74, 6) is 0.971. The van der Waals surface area contributed by atoms with Crippen LogP contribution in [0.4, 0.5) is 11.5 Å². The topological polar surface area (TPSA) is 110 Å². The monoisotopic (exact) mass is 380 g/mol. The van der Waals surface area contributed by atoms with Gasteiger partial charge in [0.2, 0.25) is 5.91 Å². The van der Waals surface area contributed by atoms with Crippen LogP contribution in [-0.4, -0.2) is 27.6 Å². The molecule has 0 saturated carbocycles. The molecule has 0 aliphatic carbocycles. The lowest BCUT2D eigenvalue weighted by Crippen LogP contribution is -2.13. The zero-order valence-electron chi connectivity index (χ0n) is 15.3. The van der Waals surface area contributed by atoms with Gasteiger partial charge in [-0.2, -0.15) is 5.10 Å². The van der Waals surface area contributed by atoms with Crippen molar-refractivity contribution in [3.8, 4) is 17.0 Å². The average molecular weight is 380 g/mol. The van der Waals surface area contributed by atoms with E-state index in [0.29, 0.717) is 30.1 Å². The van der Waals surface area contributed by atoms with Gasteiger partial charge >= 0.3 is 0 Å². The molecule has 1 amide bonds. The van der Waals surface area contributed by atoms with Crippen LogP contribution in [0.1, 0.15) is 18.9 Å². The van der Waals surface area contributed by atoms with E-state index in [4.69, 9.17) is 4.74 Å². The van der Waals surface area contributed by atoms with E-state index < -0.39 is 4.92 Å². The molecule has 0 aliphatic heterocycles. The first kappa shape index (κ1) is 19.1. The lowest BCUT2D eigenvalue weighted by Gasteiger charge is -2.09. The number of nitrogens with one attached hydrogen (secondary N) is 2. The number of hydrogen-bond acceptors (Lipinski definition) is 5. The van der Waals surface area contributed by atoms with E-state index in [1.165, 1.54) is 12.1 Å². The van der Waals surface area contributed by atoms with Crippen LogP contribution in [0.15, 0.2) is 54.6 Å². The Balaban J connectivity index is 1.62. The van der Waals surface area contributed by atoms with E-state index in [1.54, 1.807) is 18.2 Å². The SMILES string of the molecule is CCOc1ccccc1CCC(=O)Nc1cc(-c2cccc([N+](=O)[O-])c2)[nH]n1. The normalized spacial score (nSPS) is 10.5. The Labute approximate surface area is 161 Å². The molecule has 3 aromatic rings. The summed E-state index contributed by atoms with van der Waals surface area (Å²) in [5, 5.41) is 20.5. The number of ether oxygens (including phenoxy) is 1. The van der Waals surface area contributed by atoms with Gasteiger partial charge in [-0.1, -0.05) is 30.3 Å². The van der Waals surface area contributed by atoms with Crippen LogP contribution in [0.3, 0.4) is 0 Å². The number of non-ortho nitro benzene ring substituents is 1. The molecule has 1 aromatic heterocycles. The van der Waals surface area contributed by atoms with Crippen molar-refractivity contribution in [3.63, 3.8) is 0 Å². The molecule has 8 heteroatoms. The Bertz CT molecular complexity index is 984. The first-order chi connectivity index (χ1) is 13.6. The molecule has 0 bridgehead atoms. The lowest BCUT2D eigenvalue weighted by atomic mass is 10.1. The maximum Gasteiger partial charge on any atom is 0.270 e. The highest BCUT2D eigenvalue weighted by molar-refractivity contribution is 5.90. The summed E-state index contributed by atoms with van der Waals surface area (Å²) in [4.78, 5) is 22.7. The molecule has 3 rings (SSSR count). The van der Waals surface area contributed by atoms with E-state index in [-0.39, 0.29) is 18.0 Å². The summed E-state index contributed by atoms with van der Waals surface area (Å²) in [6, 6.07) is 15.5. The highest BCUT2D eigenvalue weighted by Gasteiger charge is 2.12. The van der Waals surface area contributed by atoms with Crippen molar-refractivity contribution in [1.82, 2.24) is 10.2 Å². The van der Waals surface area contributed by atoms with Crippen molar-refractivity contribution in [1.29, 1.82) is 0 Å². The summed E-state index contributed by atoms with van der Waals surface area (Å²) in [6.07, 6.45) is 0.827. The smallest absolute Gasteiger partial charge is 0.270 e. The van der Waals surface area contributed by atoms with Gasteiger partial charge in [0.15, 0.2) is 5.82 Å². The Kier molecular flexibility index (Phi) is 6.01. The van der Waals surface area contributed by atoms with Crippen LogP contribution in [0, 0.1) is 10.1 Å². The maximum absolute atomic E-state index is 12.2. The van der Waals surface area contributed by atoms with Gasteiger partial charge in [-0.25, -0.2) is 0 Å². The number of nitro benzene ring substituents is 1. The molecule has 0 fully saturated rings. The predicted molar refractivity (Wildman–Crippen MR) is 105 cm³/mol. The number of benzene rings is 2. The van der Waals surface area contributed by atoms with Gasteiger partial charge < -0.3 is 10.1 Å². The van der Waals surface area contributed by atoms with Gasteiger partial charge in [0.05, 0.1) is 17.2 Å². The fourth-order valence-corrected chi connectivity index (χ4v) is 2.78. The minimum atomic E-state index is -0.456. The molecular formula is C20H20N4O4. The highest BCUT2D eigenvalue weighted by atomic mass is 16.6. The molecule has 28 heavy (non-hydrogen) atoms. The number of aromatic amines is 1. The Morgan fingerprint density at radius 3 is 2.82 bits per heavy atom. The van der Waals surface area contributed by atoms with Gasteiger partial charge in [0.25, 0.3) is 5.69 Å². The summed E-state index contributed by atoms with van der Waals surface area (Å²) < 4.78 is 5.57. The van der Waals surface area contributed by atoms with Crippen LogP contribution >= 0.6 is 0 Å². The number of H-pyrrole nitrogens is 1. The first-order valence-corrected chi connectivity index (χ1v) is 8.87. The molecule has 2 N–H and O–H groups in total. The van der Waals surface area contributed by atoms with E-state index in [9.17, 15) is 14.9 Å². The third kappa shape index (κ3) is 4.73. The van der Waals surface area contributed by atoms with Gasteiger partial charge in [-0.15, -0.1) is 0 Å². The number of hydrogen-bond donors (Lipinski definition) is 2. The third-order valence-electron chi connectivity index (χ3n) is 4.11. The average Bonchev–Trinajstić information content (AvgIpc) is 3.16. The lowest BCUT2D eigenvalue weighted by molar-refractivity contribution is -0.384.